The molecule has 6 nitrogen and oxygen atoms in total. The number of anilines is 1. The van der Waals surface area contributed by atoms with Gasteiger partial charge in [0.2, 0.25) is 5.91 Å². The van der Waals surface area contributed by atoms with Crippen LogP contribution in [0.4, 0.5) is 5.69 Å². The molecular formula is C24H26N2O4. The zero-order chi connectivity index (χ0) is 21.3. The Morgan fingerprint density at radius 2 is 1.57 bits per heavy atom. The summed E-state index contributed by atoms with van der Waals surface area (Å²) in [6, 6.07) is 22.1. The minimum atomic E-state index is -0.420. The average molecular weight is 406 g/mol. The second kappa shape index (κ2) is 10.2. The molecule has 0 spiro atoms. The minimum Gasteiger partial charge on any atom is -0.497 e. The van der Waals surface area contributed by atoms with E-state index in [0.29, 0.717) is 23.8 Å². The van der Waals surface area contributed by atoms with E-state index < -0.39 is 6.04 Å². The summed E-state index contributed by atoms with van der Waals surface area (Å²) in [6.07, 6.45) is 0. The summed E-state index contributed by atoms with van der Waals surface area (Å²) in [5, 5.41) is 6.14. The van der Waals surface area contributed by atoms with Crippen molar-refractivity contribution in [1.82, 2.24) is 5.32 Å². The van der Waals surface area contributed by atoms with Crippen LogP contribution in [-0.2, 0) is 11.3 Å². The van der Waals surface area contributed by atoms with Gasteiger partial charge in [0.05, 0.1) is 14.2 Å². The van der Waals surface area contributed by atoms with Crippen molar-refractivity contribution in [3.8, 4) is 23.0 Å². The van der Waals surface area contributed by atoms with E-state index in [1.807, 2.05) is 73.7 Å². The van der Waals surface area contributed by atoms with Gasteiger partial charge in [-0.25, -0.2) is 0 Å². The van der Waals surface area contributed by atoms with Crippen LogP contribution in [0.3, 0.4) is 0 Å². The monoisotopic (exact) mass is 406 g/mol. The Morgan fingerprint density at radius 3 is 2.23 bits per heavy atom. The molecule has 156 valence electrons. The van der Waals surface area contributed by atoms with E-state index in [1.54, 1.807) is 20.3 Å². The minimum absolute atomic E-state index is 0.0905. The molecule has 0 aliphatic heterocycles. The maximum absolute atomic E-state index is 12.4. The number of methoxy groups -OCH3 is 2. The molecule has 3 rings (SSSR count). The van der Waals surface area contributed by atoms with Gasteiger partial charge < -0.3 is 24.8 Å². The molecule has 0 saturated heterocycles. The van der Waals surface area contributed by atoms with Crippen LogP contribution < -0.4 is 24.8 Å². The molecule has 0 saturated carbocycles. The van der Waals surface area contributed by atoms with Gasteiger partial charge in [-0.1, -0.05) is 30.3 Å². The second-order valence-electron chi connectivity index (χ2n) is 6.71. The third-order valence-electron chi connectivity index (χ3n) is 4.54. The predicted octanol–water partition coefficient (Wildman–Crippen LogP) is 4.61. The average Bonchev–Trinajstić information content (AvgIpc) is 2.79. The standard InChI is InChI=1S/C24H26N2O4/c1-17(24(27)25-16-18-7-5-4-6-8-18)26-19-9-14-22(29-3)23(15-19)30-21-12-10-20(28-2)11-13-21/h4-15,17,26H,16H2,1-3H3,(H,25,27). The van der Waals surface area contributed by atoms with Crippen molar-refractivity contribution in [2.24, 2.45) is 0 Å². The van der Waals surface area contributed by atoms with Gasteiger partial charge in [0.15, 0.2) is 11.5 Å². The maximum Gasteiger partial charge on any atom is 0.242 e. The van der Waals surface area contributed by atoms with Crippen LogP contribution in [0, 0.1) is 0 Å². The Labute approximate surface area is 176 Å². The smallest absolute Gasteiger partial charge is 0.242 e. The molecule has 2 N–H and O–H groups in total. The molecule has 0 fully saturated rings. The zero-order valence-corrected chi connectivity index (χ0v) is 17.3. The molecule has 3 aromatic carbocycles. The summed E-state index contributed by atoms with van der Waals surface area (Å²) in [5.74, 6) is 2.45. The summed E-state index contributed by atoms with van der Waals surface area (Å²) in [5.41, 5.74) is 1.80. The first-order chi connectivity index (χ1) is 14.6. The molecule has 0 heterocycles. The number of hydrogen-bond acceptors (Lipinski definition) is 5. The maximum atomic E-state index is 12.4. The largest absolute Gasteiger partial charge is 0.497 e. The first-order valence-electron chi connectivity index (χ1n) is 9.67. The summed E-state index contributed by atoms with van der Waals surface area (Å²) >= 11 is 0. The van der Waals surface area contributed by atoms with Gasteiger partial charge in [0.25, 0.3) is 0 Å². The summed E-state index contributed by atoms with van der Waals surface area (Å²) in [6.45, 7) is 2.30. The normalized spacial score (nSPS) is 11.3. The van der Waals surface area contributed by atoms with Gasteiger partial charge in [-0.3, -0.25) is 4.79 Å². The fourth-order valence-corrected chi connectivity index (χ4v) is 2.87. The van der Waals surface area contributed by atoms with Crippen molar-refractivity contribution in [1.29, 1.82) is 0 Å². The van der Waals surface area contributed by atoms with Crippen LogP contribution in [0.15, 0.2) is 72.8 Å². The van der Waals surface area contributed by atoms with Crippen LogP contribution in [0.2, 0.25) is 0 Å². The summed E-state index contributed by atoms with van der Waals surface area (Å²) < 4.78 is 16.5. The summed E-state index contributed by atoms with van der Waals surface area (Å²) in [4.78, 5) is 12.4. The molecule has 6 heteroatoms. The van der Waals surface area contributed by atoms with E-state index in [2.05, 4.69) is 10.6 Å². The highest BCUT2D eigenvalue weighted by Gasteiger charge is 2.14. The molecule has 0 aromatic heterocycles. The van der Waals surface area contributed by atoms with Crippen molar-refractivity contribution in [3.63, 3.8) is 0 Å². The molecule has 0 radical (unpaired) electrons. The van der Waals surface area contributed by atoms with Gasteiger partial charge in [0.1, 0.15) is 17.5 Å². The Balaban J connectivity index is 1.65. The molecular weight excluding hydrogens is 380 g/mol. The van der Waals surface area contributed by atoms with E-state index in [1.165, 1.54) is 0 Å². The third-order valence-corrected chi connectivity index (χ3v) is 4.54. The lowest BCUT2D eigenvalue weighted by atomic mass is 10.2. The highest BCUT2D eigenvalue weighted by atomic mass is 16.5. The van der Waals surface area contributed by atoms with Crippen molar-refractivity contribution >= 4 is 11.6 Å². The third kappa shape index (κ3) is 5.67. The fourth-order valence-electron chi connectivity index (χ4n) is 2.87. The fraction of sp³-hybridized carbons (Fsp3) is 0.208. The molecule has 1 amide bonds. The topological polar surface area (TPSA) is 68.8 Å². The van der Waals surface area contributed by atoms with Gasteiger partial charge in [-0.2, -0.15) is 0 Å². The first kappa shape index (κ1) is 21.0. The quantitative estimate of drug-likeness (QED) is 0.543. The van der Waals surface area contributed by atoms with Crippen LogP contribution in [0.25, 0.3) is 0 Å². The van der Waals surface area contributed by atoms with E-state index in [9.17, 15) is 4.79 Å². The lowest BCUT2D eigenvalue weighted by Gasteiger charge is -2.17. The lowest BCUT2D eigenvalue weighted by molar-refractivity contribution is -0.121. The number of carbonyl (C=O) groups excluding carboxylic acids is 1. The molecule has 1 atom stereocenters. The number of ether oxygens (including phenoxy) is 3. The van der Waals surface area contributed by atoms with Gasteiger partial charge in [0, 0.05) is 18.3 Å². The lowest BCUT2D eigenvalue weighted by Crippen LogP contribution is -2.37. The molecule has 3 aromatic rings. The second-order valence-corrected chi connectivity index (χ2v) is 6.71. The zero-order valence-electron chi connectivity index (χ0n) is 17.3. The van der Waals surface area contributed by atoms with Crippen LogP contribution in [0.1, 0.15) is 12.5 Å². The summed E-state index contributed by atoms with van der Waals surface area (Å²) in [7, 11) is 3.20. The Bertz CT molecular complexity index is 959. The van der Waals surface area contributed by atoms with Crippen molar-refractivity contribution in [2.75, 3.05) is 19.5 Å². The number of rotatable bonds is 9. The van der Waals surface area contributed by atoms with Gasteiger partial charge in [-0.15, -0.1) is 0 Å². The number of hydrogen-bond donors (Lipinski definition) is 2. The van der Waals surface area contributed by atoms with Crippen molar-refractivity contribution in [2.45, 2.75) is 19.5 Å². The van der Waals surface area contributed by atoms with Crippen LogP contribution >= 0.6 is 0 Å². The van der Waals surface area contributed by atoms with E-state index in [-0.39, 0.29) is 5.91 Å². The highest BCUT2D eigenvalue weighted by Crippen LogP contribution is 2.34. The predicted molar refractivity (Wildman–Crippen MR) is 117 cm³/mol. The van der Waals surface area contributed by atoms with E-state index in [4.69, 9.17) is 14.2 Å². The molecule has 30 heavy (non-hydrogen) atoms. The van der Waals surface area contributed by atoms with E-state index >= 15 is 0 Å². The number of carbonyl (C=O) groups is 1. The van der Waals surface area contributed by atoms with Gasteiger partial charge in [-0.05, 0) is 48.9 Å². The molecule has 0 aliphatic carbocycles. The Hall–Kier alpha value is -3.67. The van der Waals surface area contributed by atoms with Crippen molar-refractivity contribution in [3.05, 3.63) is 78.4 Å². The van der Waals surface area contributed by atoms with Crippen molar-refractivity contribution < 1.29 is 19.0 Å². The SMILES string of the molecule is COc1ccc(Oc2cc(NC(C)C(=O)NCc3ccccc3)ccc2OC)cc1. The molecule has 1 unspecified atom stereocenters. The van der Waals surface area contributed by atoms with Crippen LogP contribution in [0.5, 0.6) is 23.0 Å². The number of nitrogens with one attached hydrogen (secondary N) is 2. The molecule has 0 bridgehead atoms. The number of amides is 1. The van der Waals surface area contributed by atoms with Gasteiger partial charge >= 0.3 is 0 Å². The van der Waals surface area contributed by atoms with E-state index in [0.717, 1.165) is 17.0 Å². The Morgan fingerprint density at radius 1 is 0.867 bits per heavy atom. The first-order valence-corrected chi connectivity index (χ1v) is 9.67. The number of benzene rings is 3. The molecule has 0 aliphatic rings. The Kier molecular flexibility index (Phi) is 7.16. The van der Waals surface area contributed by atoms with Crippen LogP contribution in [-0.4, -0.2) is 26.2 Å². The highest BCUT2D eigenvalue weighted by molar-refractivity contribution is 5.84.